The molecule has 2 aromatic rings. The number of aromatic nitrogens is 2. The van der Waals surface area contributed by atoms with Crippen molar-refractivity contribution >= 4 is 17.6 Å². The standard InChI is InChI=1S/C15H17N3O3/c1-8(2)10-6-4-5-9(3)11(10)18-14(19)12-13(15(20)21)17-7-16-12/h4-8H,1-3H3,(H,16,17)(H,18,19)(H,20,21). The van der Waals surface area contributed by atoms with Crippen LogP contribution < -0.4 is 5.32 Å². The van der Waals surface area contributed by atoms with E-state index in [1.54, 1.807) is 0 Å². The number of imidazole rings is 1. The van der Waals surface area contributed by atoms with Gasteiger partial charge in [-0.15, -0.1) is 0 Å². The molecule has 0 saturated heterocycles. The zero-order valence-corrected chi connectivity index (χ0v) is 12.1. The molecule has 2 rings (SSSR count). The molecule has 1 amide bonds. The molecule has 0 saturated carbocycles. The summed E-state index contributed by atoms with van der Waals surface area (Å²) in [5, 5.41) is 11.8. The maximum Gasteiger partial charge on any atom is 0.354 e. The van der Waals surface area contributed by atoms with Gasteiger partial charge in [0.25, 0.3) is 5.91 Å². The highest BCUT2D eigenvalue weighted by Gasteiger charge is 2.21. The van der Waals surface area contributed by atoms with Gasteiger partial charge in [-0.3, -0.25) is 4.79 Å². The number of aromatic carboxylic acids is 1. The van der Waals surface area contributed by atoms with Crippen LogP contribution >= 0.6 is 0 Å². The molecule has 0 fully saturated rings. The van der Waals surface area contributed by atoms with Crippen LogP contribution in [0.15, 0.2) is 24.5 Å². The van der Waals surface area contributed by atoms with E-state index < -0.39 is 11.9 Å². The summed E-state index contributed by atoms with van der Waals surface area (Å²) in [5.41, 5.74) is 2.28. The number of hydrogen-bond acceptors (Lipinski definition) is 3. The van der Waals surface area contributed by atoms with Crippen LogP contribution in [0.1, 0.15) is 51.9 Å². The number of carbonyl (C=O) groups excluding carboxylic acids is 1. The summed E-state index contributed by atoms with van der Waals surface area (Å²) in [7, 11) is 0. The molecule has 0 atom stereocenters. The smallest absolute Gasteiger partial charge is 0.354 e. The van der Waals surface area contributed by atoms with Crippen molar-refractivity contribution in [1.82, 2.24) is 9.97 Å². The Kier molecular flexibility index (Phi) is 4.07. The summed E-state index contributed by atoms with van der Waals surface area (Å²) in [5.74, 6) is -1.52. The van der Waals surface area contributed by atoms with E-state index >= 15 is 0 Å². The van der Waals surface area contributed by atoms with Crippen molar-refractivity contribution in [2.24, 2.45) is 0 Å². The number of nitrogens with one attached hydrogen (secondary N) is 2. The van der Waals surface area contributed by atoms with Gasteiger partial charge in [-0.2, -0.15) is 0 Å². The summed E-state index contributed by atoms with van der Waals surface area (Å²) >= 11 is 0. The van der Waals surface area contributed by atoms with Crippen molar-refractivity contribution in [2.45, 2.75) is 26.7 Å². The van der Waals surface area contributed by atoms with Gasteiger partial charge < -0.3 is 15.4 Å². The Balaban J connectivity index is 2.36. The molecule has 0 aliphatic heterocycles. The summed E-state index contributed by atoms with van der Waals surface area (Å²) < 4.78 is 0. The molecule has 110 valence electrons. The lowest BCUT2D eigenvalue weighted by atomic mass is 9.98. The number of aromatic amines is 1. The SMILES string of the molecule is Cc1cccc(C(C)C)c1NC(=O)c1nc[nH]c1C(=O)O. The topological polar surface area (TPSA) is 95.1 Å². The number of benzene rings is 1. The fourth-order valence-electron chi connectivity index (χ4n) is 2.14. The first-order chi connectivity index (χ1) is 9.91. The second-order valence-corrected chi connectivity index (χ2v) is 5.08. The van der Waals surface area contributed by atoms with Crippen LogP contribution in [0, 0.1) is 6.92 Å². The van der Waals surface area contributed by atoms with E-state index in [0.717, 1.165) is 11.1 Å². The van der Waals surface area contributed by atoms with Gasteiger partial charge >= 0.3 is 5.97 Å². The Morgan fingerprint density at radius 2 is 2.05 bits per heavy atom. The maximum atomic E-state index is 12.3. The van der Waals surface area contributed by atoms with Gasteiger partial charge in [-0.05, 0) is 24.0 Å². The Hall–Kier alpha value is -2.63. The van der Waals surface area contributed by atoms with Crippen LogP contribution in [-0.2, 0) is 0 Å². The number of carboxylic acid groups (broad SMARTS) is 1. The third kappa shape index (κ3) is 2.94. The highest BCUT2D eigenvalue weighted by atomic mass is 16.4. The van der Waals surface area contributed by atoms with E-state index in [0.29, 0.717) is 5.69 Å². The number of anilines is 1. The van der Waals surface area contributed by atoms with Crippen LogP contribution in [0.3, 0.4) is 0 Å². The lowest BCUT2D eigenvalue weighted by Gasteiger charge is -2.16. The van der Waals surface area contributed by atoms with Gasteiger partial charge in [0.2, 0.25) is 0 Å². The fraction of sp³-hybridized carbons (Fsp3) is 0.267. The van der Waals surface area contributed by atoms with Crippen LogP contribution in [0.25, 0.3) is 0 Å². The number of para-hydroxylation sites is 1. The molecule has 1 aromatic carbocycles. The Morgan fingerprint density at radius 3 is 2.67 bits per heavy atom. The van der Waals surface area contributed by atoms with Gasteiger partial charge in [-0.1, -0.05) is 32.0 Å². The van der Waals surface area contributed by atoms with Gasteiger partial charge in [-0.25, -0.2) is 9.78 Å². The second-order valence-electron chi connectivity index (χ2n) is 5.08. The molecule has 3 N–H and O–H groups in total. The van der Waals surface area contributed by atoms with Crippen molar-refractivity contribution in [2.75, 3.05) is 5.32 Å². The van der Waals surface area contributed by atoms with E-state index in [4.69, 9.17) is 5.11 Å². The Labute approximate surface area is 122 Å². The van der Waals surface area contributed by atoms with Crippen LogP contribution in [0.4, 0.5) is 5.69 Å². The number of hydrogen-bond donors (Lipinski definition) is 3. The first-order valence-electron chi connectivity index (χ1n) is 6.59. The number of nitrogens with zero attached hydrogens (tertiary/aromatic N) is 1. The fourth-order valence-corrected chi connectivity index (χ4v) is 2.14. The first kappa shape index (κ1) is 14.8. The lowest BCUT2D eigenvalue weighted by molar-refractivity contribution is 0.0686. The van der Waals surface area contributed by atoms with Gasteiger partial charge in [0, 0.05) is 5.69 Å². The molecule has 0 spiro atoms. The summed E-state index contributed by atoms with van der Waals surface area (Å²) in [6, 6.07) is 5.76. The number of aryl methyl sites for hydroxylation is 1. The van der Waals surface area contributed by atoms with E-state index in [9.17, 15) is 9.59 Å². The molecule has 21 heavy (non-hydrogen) atoms. The van der Waals surface area contributed by atoms with Crippen LogP contribution in [-0.4, -0.2) is 27.0 Å². The zero-order valence-electron chi connectivity index (χ0n) is 12.1. The Morgan fingerprint density at radius 1 is 1.33 bits per heavy atom. The van der Waals surface area contributed by atoms with Crippen molar-refractivity contribution in [1.29, 1.82) is 0 Å². The molecule has 0 aliphatic carbocycles. The number of rotatable bonds is 4. The third-order valence-corrected chi connectivity index (χ3v) is 3.23. The van der Waals surface area contributed by atoms with E-state index in [1.165, 1.54) is 6.33 Å². The molecule has 1 aromatic heterocycles. The van der Waals surface area contributed by atoms with Crippen molar-refractivity contribution in [3.63, 3.8) is 0 Å². The largest absolute Gasteiger partial charge is 0.477 e. The summed E-state index contributed by atoms with van der Waals surface area (Å²) in [6.45, 7) is 5.95. The van der Waals surface area contributed by atoms with Crippen LogP contribution in [0.5, 0.6) is 0 Å². The van der Waals surface area contributed by atoms with Crippen molar-refractivity contribution in [3.05, 3.63) is 47.0 Å². The highest BCUT2D eigenvalue weighted by Crippen LogP contribution is 2.27. The molecular weight excluding hydrogens is 270 g/mol. The molecule has 6 nitrogen and oxygen atoms in total. The number of carboxylic acids is 1. The number of carbonyl (C=O) groups is 2. The average Bonchev–Trinajstić information content (AvgIpc) is 2.90. The second kappa shape index (κ2) is 5.78. The first-order valence-corrected chi connectivity index (χ1v) is 6.59. The minimum atomic E-state index is -1.22. The molecule has 6 heteroatoms. The third-order valence-electron chi connectivity index (χ3n) is 3.23. The lowest BCUT2D eigenvalue weighted by Crippen LogP contribution is -2.18. The van der Waals surface area contributed by atoms with Gasteiger partial charge in [0.1, 0.15) is 0 Å². The number of amides is 1. The van der Waals surface area contributed by atoms with Crippen molar-refractivity contribution < 1.29 is 14.7 Å². The molecule has 0 bridgehead atoms. The molecule has 1 heterocycles. The minimum Gasteiger partial charge on any atom is -0.477 e. The maximum absolute atomic E-state index is 12.3. The highest BCUT2D eigenvalue weighted by molar-refractivity contribution is 6.09. The molecule has 0 unspecified atom stereocenters. The predicted molar refractivity (Wildman–Crippen MR) is 78.8 cm³/mol. The van der Waals surface area contributed by atoms with Gasteiger partial charge in [0.05, 0.1) is 6.33 Å². The summed E-state index contributed by atoms with van der Waals surface area (Å²) in [6.07, 6.45) is 1.19. The van der Waals surface area contributed by atoms with Crippen molar-refractivity contribution in [3.8, 4) is 0 Å². The molecule has 0 aliphatic rings. The Bertz CT molecular complexity index is 689. The van der Waals surface area contributed by atoms with Gasteiger partial charge in [0.15, 0.2) is 11.4 Å². The summed E-state index contributed by atoms with van der Waals surface area (Å²) in [4.78, 5) is 29.5. The van der Waals surface area contributed by atoms with E-state index in [-0.39, 0.29) is 17.3 Å². The zero-order chi connectivity index (χ0) is 15.6. The monoisotopic (exact) mass is 287 g/mol. The predicted octanol–water partition coefficient (Wildman–Crippen LogP) is 2.79. The normalized spacial score (nSPS) is 10.7. The number of H-pyrrole nitrogens is 1. The molecule has 0 radical (unpaired) electrons. The van der Waals surface area contributed by atoms with E-state index in [2.05, 4.69) is 15.3 Å². The quantitative estimate of drug-likeness (QED) is 0.805. The van der Waals surface area contributed by atoms with Crippen LogP contribution in [0.2, 0.25) is 0 Å². The minimum absolute atomic E-state index is 0.125. The average molecular weight is 287 g/mol. The van der Waals surface area contributed by atoms with E-state index in [1.807, 2.05) is 39.0 Å². The molecular formula is C15H17N3O3.